The molecule has 1 aliphatic heterocycles. The highest BCUT2D eigenvalue weighted by Crippen LogP contribution is 2.09. The summed E-state index contributed by atoms with van der Waals surface area (Å²) in [5, 5.41) is 7.24. The lowest BCUT2D eigenvalue weighted by Crippen LogP contribution is -2.51. The van der Waals surface area contributed by atoms with E-state index in [1.54, 1.807) is 0 Å². The SMILES string of the molecule is Cc1cc(C)n(CCC(=O)NCC2CN(CC(C)C)C(=O)CO2)n1. The molecule has 1 atom stereocenters. The van der Waals surface area contributed by atoms with E-state index in [0.29, 0.717) is 32.0 Å². The molecule has 0 aliphatic carbocycles. The van der Waals surface area contributed by atoms with Gasteiger partial charge in [0.2, 0.25) is 11.8 Å². The van der Waals surface area contributed by atoms with E-state index < -0.39 is 0 Å². The Balaban J connectivity index is 1.73. The summed E-state index contributed by atoms with van der Waals surface area (Å²) in [6, 6.07) is 1.99. The standard InChI is InChI=1S/C17H28N4O3/c1-12(2)9-20-10-15(24-11-17(20)23)8-18-16(22)5-6-21-14(4)7-13(3)19-21/h7,12,15H,5-6,8-11H2,1-4H3,(H,18,22). The van der Waals surface area contributed by atoms with E-state index in [1.165, 1.54) is 0 Å². The summed E-state index contributed by atoms with van der Waals surface area (Å²) >= 11 is 0. The van der Waals surface area contributed by atoms with Gasteiger partial charge in [0.05, 0.1) is 11.8 Å². The number of hydrogen-bond donors (Lipinski definition) is 1. The lowest BCUT2D eigenvalue weighted by Gasteiger charge is -2.33. The topological polar surface area (TPSA) is 76.5 Å². The fourth-order valence-corrected chi connectivity index (χ4v) is 2.85. The zero-order chi connectivity index (χ0) is 17.7. The predicted molar refractivity (Wildman–Crippen MR) is 90.5 cm³/mol. The second-order valence-electron chi connectivity index (χ2n) is 6.83. The highest BCUT2D eigenvalue weighted by molar-refractivity contribution is 5.78. The monoisotopic (exact) mass is 336 g/mol. The molecule has 0 bridgehead atoms. The second kappa shape index (κ2) is 8.28. The number of ether oxygens (including phenoxy) is 1. The molecule has 1 saturated heterocycles. The summed E-state index contributed by atoms with van der Waals surface area (Å²) < 4.78 is 7.36. The first-order chi connectivity index (χ1) is 11.3. The van der Waals surface area contributed by atoms with Crippen LogP contribution < -0.4 is 5.32 Å². The van der Waals surface area contributed by atoms with Crippen LogP contribution in [0.1, 0.15) is 31.7 Å². The van der Waals surface area contributed by atoms with Crippen LogP contribution in [0.4, 0.5) is 0 Å². The van der Waals surface area contributed by atoms with Gasteiger partial charge < -0.3 is 15.0 Å². The molecule has 2 heterocycles. The zero-order valence-corrected chi connectivity index (χ0v) is 15.0. The van der Waals surface area contributed by atoms with Gasteiger partial charge in [0.25, 0.3) is 0 Å². The highest BCUT2D eigenvalue weighted by Gasteiger charge is 2.26. The fourth-order valence-electron chi connectivity index (χ4n) is 2.85. The highest BCUT2D eigenvalue weighted by atomic mass is 16.5. The van der Waals surface area contributed by atoms with Crippen LogP contribution in [0.15, 0.2) is 6.07 Å². The van der Waals surface area contributed by atoms with Crippen molar-refractivity contribution in [2.24, 2.45) is 5.92 Å². The molecule has 1 aliphatic rings. The molecule has 1 fully saturated rings. The molecule has 2 amide bonds. The van der Waals surface area contributed by atoms with Crippen molar-refractivity contribution in [3.05, 3.63) is 17.5 Å². The van der Waals surface area contributed by atoms with E-state index in [4.69, 9.17) is 4.74 Å². The number of aromatic nitrogens is 2. The molecule has 24 heavy (non-hydrogen) atoms. The van der Waals surface area contributed by atoms with Gasteiger partial charge in [0.1, 0.15) is 6.61 Å². The van der Waals surface area contributed by atoms with Crippen LogP contribution in [0.3, 0.4) is 0 Å². The third kappa shape index (κ3) is 5.33. The largest absolute Gasteiger partial charge is 0.365 e. The van der Waals surface area contributed by atoms with Crippen molar-refractivity contribution in [2.75, 3.05) is 26.2 Å². The van der Waals surface area contributed by atoms with E-state index in [0.717, 1.165) is 17.9 Å². The van der Waals surface area contributed by atoms with Gasteiger partial charge in [-0.25, -0.2) is 0 Å². The number of rotatable bonds is 7. The van der Waals surface area contributed by atoms with Gasteiger partial charge in [0.15, 0.2) is 0 Å². The van der Waals surface area contributed by atoms with Gasteiger partial charge in [-0.15, -0.1) is 0 Å². The van der Waals surface area contributed by atoms with Crippen molar-refractivity contribution in [3.8, 4) is 0 Å². The molecule has 1 N–H and O–H groups in total. The maximum Gasteiger partial charge on any atom is 0.248 e. The van der Waals surface area contributed by atoms with Crippen LogP contribution in [0.25, 0.3) is 0 Å². The van der Waals surface area contributed by atoms with Crippen molar-refractivity contribution in [3.63, 3.8) is 0 Å². The van der Waals surface area contributed by atoms with Crippen molar-refractivity contribution in [2.45, 2.75) is 46.8 Å². The first-order valence-corrected chi connectivity index (χ1v) is 8.52. The Morgan fingerprint density at radius 3 is 2.83 bits per heavy atom. The molecular weight excluding hydrogens is 308 g/mol. The molecule has 1 aromatic heterocycles. The minimum absolute atomic E-state index is 0.0239. The number of nitrogens with one attached hydrogen (secondary N) is 1. The van der Waals surface area contributed by atoms with Crippen LogP contribution in [0.5, 0.6) is 0 Å². The average molecular weight is 336 g/mol. The van der Waals surface area contributed by atoms with E-state index in [1.807, 2.05) is 29.5 Å². The minimum Gasteiger partial charge on any atom is -0.365 e. The summed E-state index contributed by atoms with van der Waals surface area (Å²) in [6.45, 7) is 10.4. The van der Waals surface area contributed by atoms with Crippen LogP contribution >= 0.6 is 0 Å². The third-order valence-electron chi connectivity index (χ3n) is 3.99. The van der Waals surface area contributed by atoms with E-state index >= 15 is 0 Å². The average Bonchev–Trinajstić information content (AvgIpc) is 2.83. The Morgan fingerprint density at radius 1 is 1.46 bits per heavy atom. The van der Waals surface area contributed by atoms with Gasteiger partial charge in [-0.1, -0.05) is 13.8 Å². The molecule has 0 spiro atoms. The Hall–Kier alpha value is -1.89. The molecule has 7 nitrogen and oxygen atoms in total. The molecule has 0 radical (unpaired) electrons. The number of hydrogen-bond acceptors (Lipinski definition) is 4. The maximum atomic E-state index is 12.0. The predicted octanol–water partition coefficient (Wildman–Crippen LogP) is 0.890. The van der Waals surface area contributed by atoms with Crippen molar-refractivity contribution in [1.29, 1.82) is 0 Å². The quantitative estimate of drug-likeness (QED) is 0.802. The van der Waals surface area contributed by atoms with Crippen molar-refractivity contribution in [1.82, 2.24) is 20.0 Å². The van der Waals surface area contributed by atoms with E-state index in [-0.39, 0.29) is 24.5 Å². The second-order valence-corrected chi connectivity index (χ2v) is 6.83. The number of carbonyl (C=O) groups is 2. The lowest BCUT2D eigenvalue weighted by atomic mass is 10.1. The van der Waals surface area contributed by atoms with Crippen LogP contribution in [-0.2, 0) is 20.9 Å². The number of nitrogens with zero attached hydrogens (tertiary/aromatic N) is 3. The molecule has 0 saturated carbocycles. The van der Waals surface area contributed by atoms with Gasteiger partial charge in [-0.05, 0) is 25.8 Å². The Kier molecular flexibility index (Phi) is 6.36. The molecule has 1 unspecified atom stereocenters. The molecular formula is C17H28N4O3. The van der Waals surface area contributed by atoms with Crippen LogP contribution in [-0.4, -0.2) is 58.8 Å². The first-order valence-electron chi connectivity index (χ1n) is 8.52. The van der Waals surface area contributed by atoms with Crippen LogP contribution in [0.2, 0.25) is 0 Å². The molecule has 2 rings (SSSR count). The maximum absolute atomic E-state index is 12.0. The van der Waals surface area contributed by atoms with E-state index in [2.05, 4.69) is 24.3 Å². The summed E-state index contributed by atoms with van der Waals surface area (Å²) in [7, 11) is 0. The van der Waals surface area contributed by atoms with Gasteiger partial charge in [-0.3, -0.25) is 14.3 Å². The summed E-state index contributed by atoms with van der Waals surface area (Å²) in [4.78, 5) is 25.6. The van der Waals surface area contributed by atoms with Gasteiger partial charge in [-0.2, -0.15) is 5.10 Å². The molecule has 134 valence electrons. The smallest absolute Gasteiger partial charge is 0.248 e. The van der Waals surface area contributed by atoms with Gasteiger partial charge in [0, 0.05) is 38.3 Å². The number of aryl methyl sites for hydroxylation is 3. The molecule has 1 aromatic rings. The lowest BCUT2D eigenvalue weighted by molar-refractivity contribution is -0.149. The number of morpholine rings is 1. The Bertz CT molecular complexity index is 582. The minimum atomic E-state index is -0.140. The van der Waals surface area contributed by atoms with E-state index in [9.17, 15) is 9.59 Å². The zero-order valence-electron chi connectivity index (χ0n) is 15.0. The molecule has 0 aromatic carbocycles. The number of carbonyl (C=O) groups excluding carboxylic acids is 2. The Morgan fingerprint density at radius 2 is 2.21 bits per heavy atom. The Labute approximate surface area is 143 Å². The summed E-state index contributed by atoms with van der Waals surface area (Å²) in [5.41, 5.74) is 2.01. The molecule has 7 heteroatoms. The first kappa shape index (κ1) is 18.4. The van der Waals surface area contributed by atoms with Gasteiger partial charge >= 0.3 is 0 Å². The van der Waals surface area contributed by atoms with Crippen molar-refractivity contribution >= 4 is 11.8 Å². The summed E-state index contributed by atoms with van der Waals surface area (Å²) in [5.74, 6) is 0.414. The van der Waals surface area contributed by atoms with Crippen molar-refractivity contribution < 1.29 is 14.3 Å². The third-order valence-corrected chi connectivity index (χ3v) is 3.99. The van der Waals surface area contributed by atoms with Crippen LogP contribution in [0, 0.1) is 19.8 Å². The normalized spacial score (nSPS) is 18.3. The summed E-state index contributed by atoms with van der Waals surface area (Å²) in [6.07, 6.45) is 0.239. The number of amides is 2. The fraction of sp³-hybridized carbons (Fsp3) is 0.706.